The lowest BCUT2D eigenvalue weighted by molar-refractivity contribution is -0.157. The summed E-state index contributed by atoms with van der Waals surface area (Å²) in [6.07, 6.45) is 2.56. The van der Waals surface area contributed by atoms with Crippen molar-refractivity contribution in [2.24, 2.45) is 0 Å². The summed E-state index contributed by atoms with van der Waals surface area (Å²) in [6, 6.07) is 15.5. The Morgan fingerprint density at radius 3 is 2.54 bits per heavy atom. The van der Waals surface area contributed by atoms with E-state index >= 15 is 0 Å². The first-order valence-corrected chi connectivity index (χ1v) is 9.73. The fourth-order valence-electron chi connectivity index (χ4n) is 3.07. The van der Waals surface area contributed by atoms with Gasteiger partial charge in [-0.05, 0) is 42.5 Å². The Morgan fingerprint density at radius 2 is 1.81 bits per heavy atom. The highest BCUT2D eigenvalue weighted by Gasteiger charge is 2.26. The summed E-state index contributed by atoms with van der Waals surface area (Å²) in [5, 5.41) is 0. The summed E-state index contributed by atoms with van der Waals surface area (Å²) in [4.78, 5) is 27.3. The molecule has 0 N–H and O–H groups in total. The number of hydrogen-bond acceptors (Lipinski definition) is 4. The van der Waals surface area contributed by atoms with Crippen LogP contribution in [0, 0.1) is 0 Å². The van der Waals surface area contributed by atoms with Crippen LogP contribution in [0.1, 0.15) is 29.2 Å². The maximum absolute atomic E-state index is 12.4. The van der Waals surface area contributed by atoms with Gasteiger partial charge in [0.15, 0.2) is 0 Å². The third kappa shape index (κ3) is 4.47. The van der Waals surface area contributed by atoms with Gasteiger partial charge in [0.2, 0.25) is 6.10 Å². The van der Waals surface area contributed by atoms with E-state index in [1.165, 1.54) is 34.2 Å². The van der Waals surface area contributed by atoms with E-state index in [1.807, 2.05) is 18.2 Å². The number of likely N-dealkylation sites (N-methyl/N-ethyl adjacent to an activating group) is 1. The Labute approximate surface area is 158 Å². The highest BCUT2D eigenvalue weighted by atomic mass is 32.2. The van der Waals surface area contributed by atoms with Gasteiger partial charge in [-0.1, -0.05) is 36.4 Å². The lowest BCUT2D eigenvalue weighted by atomic mass is 10.1. The van der Waals surface area contributed by atoms with Crippen LogP contribution in [0.25, 0.3) is 0 Å². The minimum atomic E-state index is -0.903. The van der Waals surface area contributed by atoms with Crippen molar-refractivity contribution >= 4 is 23.6 Å². The number of nitrogens with zero attached hydrogens (tertiary/aromatic N) is 1. The monoisotopic (exact) mass is 369 g/mol. The van der Waals surface area contributed by atoms with E-state index in [-0.39, 0.29) is 17.6 Å². The average molecular weight is 369 g/mol. The first kappa shape index (κ1) is 18.5. The predicted octanol–water partition coefficient (Wildman–Crippen LogP) is 3.64. The van der Waals surface area contributed by atoms with Crippen LogP contribution >= 0.6 is 11.8 Å². The molecule has 0 aromatic heterocycles. The van der Waals surface area contributed by atoms with Gasteiger partial charge >= 0.3 is 5.97 Å². The molecule has 4 nitrogen and oxygen atoms in total. The topological polar surface area (TPSA) is 46.6 Å². The molecular weight excluding hydrogens is 346 g/mol. The van der Waals surface area contributed by atoms with E-state index < -0.39 is 6.10 Å². The molecule has 1 unspecified atom stereocenters. The first-order chi connectivity index (χ1) is 12.5. The van der Waals surface area contributed by atoms with Crippen LogP contribution < -0.4 is 0 Å². The number of aryl methyl sites for hydroxylation is 2. The van der Waals surface area contributed by atoms with Crippen molar-refractivity contribution in [1.82, 2.24) is 4.90 Å². The van der Waals surface area contributed by atoms with Gasteiger partial charge in [0.1, 0.15) is 0 Å². The molecule has 0 heterocycles. The Bertz CT molecular complexity index is 789. The lowest BCUT2D eigenvalue weighted by Crippen LogP contribution is -2.31. The number of carbonyl (C=O) groups excluding carboxylic acids is 2. The molecule has 0 spiro atoms. The molecular formula is C21H23NO3S. The van der Waals surface area contributed by atoms with Gasteiger partial charge in [0, 0.05) is 24.6 Å². The second-order valence-electron chi connectivity index (χ2n) is 6.59. The Morgan fingerprint density at radius 1 is 1.08 bits per heavy atom. The van der Waals surface area contributed by atoms with Crippen molar-refractivity contribution in [2.45, 2.75) is 30.3 Å². The molecule has 0 bridgehead atoms. The summed E-state index contributed by atoms with van der Waals surface area (Å²) in [5.74, 6) is -0.449. The molecule has 0 radical (unpaired) electrons. The van der Waals surface area contributed by atoms with Crippen molar-refractivity contribution < 1.29 is 14.3 Å². The molecule has 2 aromatic rings. The number of fused-ring (bicyclic) bond motifs is 1. The lowest BCUT2D eigenvalue weighted by Gasteiger charge is -2.21. The van der Waals surface area contributed by atoms with Crippen molar-refractivity contribution in [2.75, 3.05) is 19.8 Å². The van der Waals surface area contributed by atoms with Crippen LogP contribution in [0.5, 0.6) is 0 Å². The van der Waals surface area contributed by atoms with Crippen molar-refractivity contribution in [3.05, 3.63) is 65.2 Å². The van der Waals surface area contributed by atoms with Crippen LogP contribution in [0.4, 0.5) is 0 Å². The maximum Gasteiger partial charge on any atom is 0.317 e. The molecule has 1 aliphatic rings. The molecule has 1 aliphatic carbocycles. The second kappa shape index (κ2) is 8.41. The average Bonchev–Trinajstić information content (AvgIpc) is 3.12. The largest absolute Gasteiger partial charge is 0.447 e. The van der Waals surface area contributed by atoms with E-state index in [1.54, 1.807) is 26.2 Å². The molecule has 0 fully saturated rings. The van der Waals surface area contributed by atoms with Gasteiger partial charge in [-0.2, -0.15) is 0 Å². The fourth-order valence-corrected chi connectivity index (χ4v) is 3.81. The third-order valence-corrected chi connectivity index (χ3v) is 5.41. The molecule has 3 rings (SSSR count). The van der Waals surface area contributed by atoms with Crippen molar-refractivity contribution in [3.8, 4) is 0 Å². The third-order valence-electron chi connectivity index (χ3n) is 4.44. The van der Waals surface area contributed by atoms with Crippen LogP contribution in [0.2, 0.25) is 0 Å². The van der Waals surface area contributed by atoms with Gasteiger partial charge in [0.05, 0.1) is 5.75 Å². The Balaban J connectivity index is 1.63. The quantitative estimate of drug-likeness (QED) is 0.576. The van der Waals surface area contributed by atoms with Crippen LogP contribution in [-0.2, 0) is 27.2 Å². The normalized spacial score (nSPS) is 13.8. The molecule has 26 heavy (non-hydrogen) atoms. The van der Waals surface area contributed by atoms with Crippen LogP contribution in [0.3, 0.4) is 0 Å². The van der Waals surface area contributed by atoms with E-state index in [2.05, 4.69) is 18.2 Å². The van der Waals surface area contributed by atoms with Crippen molar-refractivity contribution in [3.63, 3.8) is 0 Å². The highest BCUT2D eigenvalue weighted by Crippen LogP contribution is 2.28. The fraction of sp³-hybridized carbons (Fsp3) is 0.333. The molecule has 0 saturated heterocycles. The number of ether oxygens (including phenoxy) is 1. The minimum Gasteiger partial charge on any atom is -0.447 e. The van der Waals surface area contributed by atoms with Crippen LogP contribution in [-0.4, -0.2) is 36.6 Å². The summed E-state index contributed by atoms with van der Waals surface area (Å²) in [5.41, 5.74) is 3.48. The molecule has 1 atom stereocenters. The van der Waals surface area contributed by atoms with E-state index in [4.69, 9.17) is 4.74 Å². The zero-order valence-corrected chi connectivity index (χ0v) is 15.9. The molecule has 1 amide bonds. The number of benzene rings is 2. The number of thioether (sulfide) groups is 1. The van der Waals surface area contributed by atoms with Gasteiger partial charge in [-0.3, -0.25) is 9.59 Å². The Kier molecular flexibility index (Phi) is 5.99. The maximum atomic E-state index is 12.4. The van der Waals surface area contributed by atoms with Crippen LogP contribution in [0.15, 0.2) is 53.4 Å². The highest BCUT2D eigenvalue weighted by molar-refractivity contribution is 8.00. The number of rotatable bonds is 6. The van der Waals surface area contributed by atoms with Crippen molar-refractivity contribution in [1.29, 1.82) is 0 Å². The zero-order chi connectivity index (χ0) is 18.5. The smallest absolute Gasteiger partial charge is 0.317 e. The zero-order valence-electron chi connectivity index (χ0n) is 15.1. The SMILES string of the molecule is CN(C)C(=O)C(OC(=O)CSc1ccc2c(c1)CCC2)c1ccccc1. The molecule has 5 heteroatoms. The first-order valence-electron chi connectivity index (χ1n) is 8.75. The summed E-state index contributed by atoms with van der Waals surface area (Å²) in [6.45, 7) is 0. The number of amides is 1. The number of hydrogen-bond donors (Lipinski definition) is 0. The molecule has 2 aromatic carbocycles. The minimum absolute atomic E-state index is 0.183. The van der Waals surface area contributed by atoms with Gasteiger partial charge in [-0.25, -0.2) is 0 Å². The Hall–Kier alpha value is -2.27. The standard InChI is InChI=1S/C21H23NO3S/c1-22(2)21(24)20(16-7-4-3-5-8-16)25-19(23)14-26-18-12-11-15-9-6-10-17(15)13-18/h3-5,7-8,11-13,20H,6,9-10,14H2,1-2H3. The summed E-state index contributed by atoms with van der Waals surface area (Å²) >= 11 is 1.45. The number of esters is 1. The van der Waals surface area contributed by atoms with E-state index in [0.29, 0.717) is 5.56 Å². The van der Waals surface area contributed by atoms with E-state index in [0.717, 1.165) is 17.7 Å². The predicted molar refractivity (Wildman–Crippen MR) is 103 cm³/mol. The number of carbonyl (C=O) groups is 2. The summed E-state index contributed by atoms with van der Waals surface area (Å²) in [7, 11) is 3.32. The van der Waals surface area contributed by atoms with Gasteiger partial charge in [-0.15, -0.1) is 11.8 Å². The molecule has 0 saturated carbocycles. The second-order valence-corrected chi connectivity index (χ2v) is 7.63. The summed E-state index contributed by atoms with van der Waals surface area (Å²) < 4.78 is 5.52. The molecule has 136 valence electrons. The van der Waals surface area contributed by atoms with E-state index in [9.17, 15) is 9.59 Å². The molecule has 0 aliphatic heterocycles. The van der Waals surface area contributed by atoms with Gasteiger partial charge < -0.3 is 9.64 Å². The van der Waals surface area contributed by atoms with Gasteiger partial charge in [0.25, 0.3) is 5.91 Å².